The van der Waals surface area contributed by atoms with E-state index in [9.17, 15) is 0 Å². The monoisotopic (exact) mass is 246 g/mol. The molecule has 1 aromatic heterocycles. The van der Waals surface area contributed by atoms with Gasteiger partial charge in [-0.15, -0.1) is 0 Å². The summed E-state index contributed by atoms with van der Waals surface area (Å²) >= 11 is 0. The molecule has 0 bridgehead atoms. The fourth-order valence-corrected chi connectivity index (χ4v) is 2.06. The largest absolute Gasteiger partial charge is 0.494 e. The number of rotatable bonds is 5. The third-order valence-electron chi connectivity index (χ3n) is 3.29. The first-order chi connectivity index (χ1) is 8.58. The van der Waals surface area contributed by atoms with E-state index in [4.69, 9.17) is 10.5 Å². The third-order valence-corrected chi connectivity index (χ3v) is 3.29. The van der Waals surface area contributed by atoms with Crippen molar-refractivity contribution in [3.05, 3.63) is 30.5 Å². The Morgan fingerprint density at radius 2 is 2.06 bits per heavy atom. The molecule has 18 heavy (non-hydrogen) atoms. The van der Waals surface area contributed by atoms with Gasteiger partial charge in [-0.2, -0.15) is 0 Å². The van der Waals surface area contributed by atoms with Crippen LogP contribution in [0.5, 0.6) is 5.75 Å². The van der Waals surface area contributed by atoms with Crippen LogP contribution in [0.3, 0.4) is 0 Å². The molecule has 0 aliphatic heterocycles. The van der Waals surface area contributed by atoms with Crippen LogP contribution < -0.4 is 10.5 Å². The second-order valence-electron chi connectivity index (χ2n) is 5.27. The fraction of sp³-hybridized carbons (Fsp3) is 0.467. The van der Waals surface area contributed by atoms with Crippen LogP contribution in [-0.4, -0.2) is 17.7 Å². The lowest BCUT2D eigenvalue weighted by Gasteiger charge is -2.26. The number of nitrogens with two attached hydrogens (primary N) is 1. The minimum absolute atomic E-state index is 0.0620. The topological polar surface area (TPSA) is 40.2 Å². The van der Waals surface area contributed by atoms with E-state index in [2.05, 4.69) is 49.7 Å². The molecule has 0 aliphatic rings. The molecule has 0 saturated heterocycles. The molecule has 0 atom stereocenters. The molecule has 98 valence electrons. The van der Waals surface area contributed by atoms with Gasteiger partial charge in [0.1, 0.15) is 5.75 Å². The Morgan fingerprint density at radius 1 is 1.28 bits per heavy atom. The van der Waals surface area contributed by atoms with E-state index in [1.165, 1.54) is 10.9 Å². The zero-order chi connectivity index (χ0) is 13.2. The van der Waals surface area contributed by atoms with E-state index in [0.717, 1.165) is 18.8 Å². The van der Waals surface area contributed by atoms with Crippen molar-refractivity contribution in [2.45, 2.75) is 32.7 Å². The van der Waals surface area contributed by atoms with Crippen molar-refractivity contribution in [3.8, 4) is 5.75 Å². The lowest BCUT2D eigenvalue weighted by Crippen LogP contribution is -2.34. The summed E-state index contributed by atoms with van der Waals surface area (Å²) in [5.74, 6) is 0.938. The molecular weight excluding hydrogens is 224 g/mol. The molecule has 2 N–H and O–H groups in total. The van der Waals surface area contributed by atoms with Gasteiger partial charge in [0.05, 0.1) is 12.1 Å². The molecule has 0 amide bonds. The van der Waals surface area contributed by atoms with Crippen molar-refractivity contribution in [2.24, 2.45) is 5.73 Å². The molecule has 3 nitrogen and oxygen atoms in total. The standard InChI is InChI=1S/C15H22N2O/c1-4-9-18-13-5-6-14-12(10-13)7-8-17(14)15(2,3)11-16/h5-8,10H,4,9,11,16H2,1-3H3. The Balaban J connectivity index is 2.38. The molecule has 1 heterocycles. The molecule has 0 aliphatic carbocycles. The van der Waals surface area contributed by atoms with Crippen molar-refractivity contribution in [1.82, 2.24) is 4.57 Å². The zero-order valence-corrected chi connectivity index (χ0v) is 11.4. The molecule has 2 aromatic rings. The molecule has 0 fully saturated rings. The average molecular weight is 246 g/mol. The molecule has 3 heteroatoms. The third kappa shape index (κ3) is 2.36. The maximum absolute atomic E-state index is 5.84. The summed E-state index contributed by atoms with van der Waals surface area (Å²) in [6.07, 6.45) is 3.13. The van der Waals surface area contributed by atoms with Crippen LogP contribution in [0, 0.1) is 0 Å². The Labute approximate surface area is 109 Å². The van der Waals surface area contributed by atoms with Gasteiger partial charge in [-0.05, 0) is 44.5 Å². The van der Waals surface area contributed by atoms with Crippen molar-refractivity contribution in [3.63, 3.8) is 0 Å². The Kier molecular flexibility index (Phi) is 3.62. The van der Waals surface area contributed by atoms with E-state index in [1.54, 1.807) is 0 Å². The summed E-state index contributed by atoms with van der Waals surface area (Å²) in [7, 11) is 0. The number of nitrogens with zero attached hydrogens (tertiary/aromatic N) is 1. The maximum atomic E-state index is 5.84. The van der Waals surface area contributed by atoms with E-state index >= 15 is 0 Å². The number of hydrogen-bond donors (Lipinski definition) is 1. The first kappa shape index (κ1) is 13.0. The Bertz CT molecular complexity index is 528. The quantitative estimate of drug-likeness (QED) is 0.880. The van der Waals surface area contributed by atoms with Crippen LogP contribution in [0.1, 0.15) is 27.2 Å². The molecule has 0 unspecified atom stereocenters. The smallest absolute Gasteiger partial charge is 0.120 e. The highest BCUT2D eigenvalue weighted by atomic mass is 16.5. The molecular formula is C15H22N2O. The van der Waals surface area contributed by atoms with E-state index in [1.807, 2.05) is 6.07 Å². The van der Waals surface area contributed by atoms with E-state index < -0.39 is 0 Å². The number of benzene rings is 1. The van der Waals surface area contributed by atoms with Crippen molar-refractivity contribution in [1.29, 1.82) is 0 Å². The van der Waals surface area contributed by atoms with E-state index in [-0.39, 0.29) is 5.54 Å². The Hall–Kier alpha value is -1.48. The molecule has 2 rings (SSSR count). The highest BCUT2D eigenvalue weighted by molar-refractivity contribution is 5.82. The lowest BCUT2D eigenvalue weighted by molar-refractivity contribution is 0.318. The van der Waals surface area contributed by atoms with Gasteiger partial charge in [-0.25, -0.2) is 0 Å². The number of ether oxygens (including phenoxy) is 1. The summed E-state index contributed by atoms with van der Waals surface area (Å²) in [6, 6.07) is 8.35. The SMILES string of the molecule is CCCOc1ccc2c(ccn2C(C)(C)CN)c1. The summed E-state index contributed by atoms with van der Waals surface area (Å²) in [5.41, 5.74) is 6.98. The van der Waals surface area contributed by atoms with Crippen LogP contribution in [0.4, 0.5) is 0 Å². The van der Waals surface area contributed by atoms with Crippen molar-refractivity contribution >= 4 is 10.9 Å². The fourth-order valence-electron chi connectivity index (χ4n) is 2.06. The van der Waals surface area contributed by atoms with Crippen molar-refractivity contribution < 1.29 is 4.74 Å². The second-order valence-corrected chi connectivity index (χ2v) is 5.27. The highest BCUT2D eigenvalue weighted by Crippen LogP contribution is 2.26. The molecule has 1 aromatic carbocycles. The van der Waals surface area contributed by atoms with Crippen LogP contribution in [0.15, 0.2) is 30.5 Å². The van der Waals surface area contributed by atoms with Gasteiger partial charge in [-0.1, -0.05) is 6.92 Å². The van der Waals surface area contributed by atoms with Gasteiger partial charge in [0.15, 0.2) is 0 Å². The van der Waals surface area contributed by atoms with Gasteiger partial charge < -0.3 is 15.0 Å². The van der Waals surface area contributed by atoms with Crippen LogP contribution in [0.2, 0.25) is 0 Å². The predicted molar refractivity (Wildman–Crippen MR) is 76.1 cm³/mol. The first-order valence-electron chi connectivity index (χ1n) is 6.53. The van der Waals surface area contributed by atoms with Gasteiger partial charge in [0.2, 0.25) is 0 Å². The van der Waals surface area contributed by atoms with Gasteiger partial charge in [-0.3, -0.25) is 0 Å². The summed E-state index contributed by atoms with van der Waals surface area (Å²) in [5, 5.41) is 1.20. The molecule has 0 radical (unpaired) electrons. The van der Waals surface area contributed by atoms with Gasteiger partial charge in [0.25, 0.3) is 0 Å². The van der Waals surface area contributed by atoms with Crippen LogP contribution in [-0.2, 0) is 5.54 Å². The second kappa shape index (κ2) is 5.02. The van der Waals surface area contributed by atoms with Gasteiger partial charge in [0, 0.05) is 23.6 Å². The molecule has 0 spiro atoms. The minimum Gasteiger partial charge on any atom is -0.494 e. The average Bonchev–Trinajstić information content (AvgIpc) is 2.80. The van der Waals surface area contributed by atoms with Crippen molar-refractivity contribution in [2.75, 3.05) is 13.2 Å². The summed E-state index contributed by atoms with van der Waals surface area (Å²) in [6.45, 7) is 7.78. The molecule has 0 saturated carbocycles. The highest BCUT2D eigenvalue weighted by Gasteiger charge is 2.19. The maximum Gasteiger partial charge on any atom is 0.120 e. The number of hydrogen-bond acceptors (Lipinski definition) is 2. The first-order valence-corrected chi connectivity index (χ1v) is 6.53. The minimum atomic E-state index is -0.0620. The Morgan fingerprint density at radius 3 is 2.72 bits per heavy atom. The number of aromatic nitrogens is 1. The van der Waals surface area contributed by atoms with E-state index in [0.29, 0.717) is 6.54 Å². The van der Waals surface area contributed by atoms with Crippen LogP contribution >= 0.6 is 0 Å². The van der Waals surface area contributed by atoms with Crippen LogP contribution in [0.25, 0.3) is 10.9 Å². The number of fused-ring (bicyclic) bond motifs is 1. The summed E-state index contributed by atoms with van der Waals surface area (Å²) in [4.78, 5) is 0. The zero-order valence-electron chi connectivity index (χ0n) is 11.4. The normalized spacial score (nSPS) is 12.0. The lowest BCUT2D eigenvalue weighted by atomic mass is 10.1. The van der Waals surface area contributed by atoms with Gasteiger partial charge >= 0.3 is 0 Å². The summed E-state index contributed by atoms with van der Waals surface area (Å²) < 4.78 is 7.88. The predicted octanol–water partition coefficient (Wildman–Crippen LogP) is 3.12.